The third-order valence-electron chi connectivity index (χ3n) is 3.49. The van der Waals surface area contributed by atoms with Crippen LogP contribution in [0, 0.1) is 11.3 Å². The summed E-state index contributed by atoms with van der Waals surface area (Å²) in [5, 5.41) is 11.1. The highest BCUT2D eigenvalue weighted by Crippen LogP contribution is 2.26. The highest BCUT2D eigenvalue weighted by atomic mass is 16.7. The maximum absolute atomic E-state index is 11.6. The summed E-state index contributed by atoms with van der Waals surface area (Å²) in [5.74, 6) is 0.754. The van der Waals surface area contributed by atoms with Gasteiger partial charge in [-0.25, -0.2) is 4.79 Å². The first kappa shape index (κ1) is 15.1. The van der Waals surface area contributed by atoms with Gasteiger partial charge in [0.15, 0.2) is 0 Å². The lowest BCUT2D eigenvalue weighted by Gasteiger charge is -2.12. The van der Waals surface area contributed by atoms with Gasteiger partial charge in [0.2, 0.25) is 6.10 Å². The highest BCUT2D eigenvalue weighted by Gasteiger charge is 2.26. The van der Waals surface area contributed by atoms with Crippen LogP contribution in [0.1, 0.15) is 11.7 Å². The molecule has 0 radical (unpaired) electrons. The fraction of sp³-hybridized carbons (Fsp3) is 0.294. The Morgan fingerprint density at radius 3 is 2.78 bits per heavy atom. The zero-order chi connectivity index (χ0) is 16.2. The van der Waals surface area contributed by atoms with Crippen LogP contribution in [0.25, 0.3) is 10.8 Å². The molecule has 1 heterocycles. The van der Waals surface area contributed by atoms with Crippen molar-refractivity contribution in [1.29, 1.82) is 5.26 Å². The molecule has 0 aromatic heterocycles. The van der Waals surface area contributed by atoms with Gasteiger partial charge in [-0.05, 0) is 29.0 Å². The summed E-state index contributed by atoms with van der Waals surface area (Å²) in [6.45, 7) is 0.734. The number of hydrogen-bond donors (Lipinski definition) is 0. The number of hydrogen-bond acceptors (Lipinski definition) is 6. The number of carbonyl (C=O) groups excluding carboxylic acids is 1. The second-order valence-electron chi connectivity index (χ2n) is 5.12. The van der Waals surface area contributed by atoms with E-state index in [9.17, 15) is 10.1 Å². The molecule has 2 atom stereocenters. The van der Waals surface area contributed by atoms with Gasteiger partial charge in [0.25, 0.3) is 0 Å². The van der Waals surface area contributed by atoms with Gasteiger partial charge in [-0.15, -0.1) is 0 Å². The lowest BCUT2D eigenvalue weighted by Crippen LogP contribution is -2.14. The van der Waals surface area contributed by atoms with Gasteiger partial charge >= 0.3 is 6.16 Å². The smallest absolute Gasteiger partial charge is 0.497 e. The number of benzene rings is 2. The Morgan fingerprint density at radius 1 is 1.35 bits per heavy atom. The molecule has 23 heavy (non-hydrogen) atoms. The molecule has 0 saturated carbocycles. The molecular formula is C17H15NO5. The van der Waals surface area contributed by atoms with Crippen LogP contribution in [-0.2, 0) is 14.2 Å². The molecule has 118 valence electrons. The minimum atomic E-state index is -1.02. The van der Waals surface area contributed by atoms with Gasteiger partial charge in [-0.3, -0.25) is 0 Å². The van der Waals surface area contributed by atoms with Gasteiger partial charge in [-0.2, -0.15) is 5.26 Å². The summed E-state index contributed by atoms with van der Waals surface area (Å²) >= 11 is 0. The molecule has 0 aliphatic carbocycles. The van der Waals surface area contributed by atoms with E-state index in [1.54, 1.807) is 19.2 Å². The van der Waals surface area contributed by atoms with Crippen LogP contribution in [0.2, 0.25) is 0 Å². The van der Waals surface area contributed by atoms with Crippen molar-refractivity contribution in [2.24, 2.45) is 0 Å². The van der Waals surface area contributed by atoms with E-state index in [-0.39, 0.29) is 12.7 Å². The Labute approximate surface area is 133 Å². The predicted octanol–water partition coefficient (Wildman–Crippen LogP) is 2.97. The maximum atomic E-state index is 11.6. The van der Waals surface area contributed by atoms with Gasteiger partial charge < -0.3 is 18.9 Å². The van der Waals surface area contributed by atoms with Gasteiger partial charge in [-0.1, -0.05) is 18.2 Å². The topological polar surface area (TPSA) is 81.1 Å². The van der Waals surface area contributed by atoms with Crippen molar-refractivity contribution in [3.8, 4) is 11.8 Å². The Morgan fingerprint density at radius 2 is 2.09 bits per heavy atom. The Kier molecular flexibility index (Phi) is 4.31. The first-order valence-corrected chi connectivity index (χ1v) is 7.12. The van der Waals surface area contributed by atoms with Crippen LogP contribution in [0.4, 0.5) is 4.79 Å². The maximum Gasteiger partial charge on any atom is 0.510 e. The van der Waals surface area contributed by atoms with Gasteiger partial charge in [0.1, 0.15) is 24.5 Å². The number of nitrogens with zero attached hydrogens (tertiary/aromatic N) is 1. The number of rotatable bonds is 5. The normalized spacial score (nSPS) is 17.1. The molecule has 0 N–H and O–H groups in total. The van der Waals surface area contributed by atoms with E-state index in [0.29, 0.717) is 12.2 Å². The van der Waals surface area contributed by atoms with E-state index in [0.717, 1.165) is 16.5 Å². The minimum absolute atomic E-state index is 0.0428. The number of nitriles is 1. The summed E-state index contributed by atoms with van der Waals surface area (Å²) in [6, 6.07) is 13.0. The Bertz CT molecular complexity index is 763. The Balaban J connectivity index is 1.73. The molecule has 6 nitrogen and oxygen atoms in total. The molecule has 0 amide bonds. The molecule has 6 heteroatoms. The second-order valence-corrected chi connectivity index (χ2v) is 5.12. The summed E-state index contributed by atoms with van der Waals surface area (Å²) < 4.78 is 20.0. The van der Waals surface area contributed by atoms with E-state index in [4.69, 9.17) is 18.9 Å². The number of carbonyl (C=O) groups is 1. The zero-order valence-electron chi connectivity index (χ0n) is 12.5. The van der Waals surface area contributed by atoms with Gasteiger partial charge in [0.05, 0.1) is 13.7 Å². The third-order valence-corrected chi connectivity index (χ3v) is 3.49. The standard InChI is InChI=1S/C17H15NO5/c1-20-14-5-4-11-6-13(3-2-12(11)7-14)16(8-18)23-17(19)22-10-15-9-21-15/h2-7,15-16H,9-10H2,1H3. The number of epoxide rings is 1. The first-order chi connectivity index (χ1) is 11.2. The largest absolute Gasteiger partial charge is 0.510 e. The lowest BCUT2D eigenvalue weighted by molar-refractivity contribution is 0.0347. The molecule has 2 unspecified atom stereocenters. The second kappa shape index (κ2) is 6.55. The Hall–Kier alpha value is -2.78. The van der Waals surface area contributed by atoms with Crippen molar-refractivity contribution < 1.29 is 23.7 Å². The molecule has 2 aromatic rings. The lowest BCUT2D eigenvalue weighted by atomic mass is 10.0. The molecular weight excluding hydrogens is 298 g/mol. The molecule has 0 bridgehead atoms. The van der Waals surface area contributed by atoms with Crippen LogP contribution < -0.4 is 4.74 Å². The van der Waals surface area contributed by atoms with E-state index in [1.165, 1.54) is 0 Å². The predicted molar refractivity (Wildman–Crippen MR) is 81.0 cm³/mol. The molecule has 1 saturated heterocycles. The van der Waals surface area contributed by atoms with Crippen LogP contribution >= 0.6 is 0 Å². The van der Waals surface area contributed by atoms with Crippen molar-refractivity contribution in [3.05, 3.63) is 42.0 Å². The van der Waals surface area contributed by atoms with Crippen LogP contribution in [-0.4, -0.2) is 32.6 Å². The summed E-state index contributed by atoms with van der Waals surface area (Å²) in [4.78, 5) is 11.6. The SMILES string of the molecule is COc1ccc2cc(C(C#N)OC(=O)OCC3CO3)ccc2c1. The fourth-order valence-corrected chi connectivity index (χ4v) is 2.16. The van der Waals surface area contributed by atoms with E-state index in [2.05, 4.69) is 0 Å². The van der Waals surface area contributed by atoms with Crippen LogP contribution in [0.5, 0.6) is 5.75 Å². The molecule has 1 fully saturated rings. The first-order valence-electron chi connectivity index (χ1n) is 7.12. The number of ether oxygens (including phenoxy) is 4. The molecule has 1 aliphatic heterocycles. The minimum Gasteiger partial charge on any atom is -0.497 e. The van der Waals surface area contributed by atoms with Gasteiger partial charge in [0, 0.05) is 5.56 Å². The molecule has 3 rings (SSSR count). The zero-order valence-corrected chi connectivity index (χ0v) is 12.5. The molecule has 1 aliphatic rings. The molecule has 2 aromatic carbocycles. The average Bonchev–Trinajstić information content (AvgIpc) is 3.41. The summed E-state index contributed by atoms with van der Waals surface area (Å²) in [6.07, 6.45) is -1.94. The monoisotopic (exact) mass is 313 g/mol. The van der Waals surface area contributed by atoms with Crippen molar-refractivity contribution in [3.63, 3.8) is 0 Å². The number of methoxy groups -OCH3 is 1. The van der Waals surface area contributed by atoms with E-state index >= 15 is 0 Å². The molecule has 0 spiro atoms. The third kappa shape index (κ3) is 3.71. The van der Waals surface area contributed by atoms with Crippen molar-refractivity contribution in [2.75, 3.05) is 20.3 Å². The van der Waals surface area contributed by atoms with E-state index in [1.807, 2.05) is 30.3 Å². The van der Waals surface area contributed by atoms with Crippen molar-refractivity contribution >= 4 is 16.9 Å². The van der Waals surface area contributed by atoms with Crippen molar-refractivity contribution in [2.45, 2.75) is 12.2 Å². The van der Waals surface area contributed by atoms with Crippen molar-refractivity contribution in [1.82, 2.24) is 0 Å². The van der Waals surface area contributed by atoms with Crippen LogP contribution in [0.3, 0.4) is 0 Å². The fourth-order valence-electron chi connectivity index (χ4n) is 2.16. The average molecular weight is 313 g/mol. The van der Waals surface area contributed by atoms with Crippen LogP contribution in [0.15, 0.2) is 36.4 Å². The summed E-state index contributed by atoms with van der Waals surface area (Å²) in [7, 11) is 1.60. The highest BCUT2D eigenvalue weighted by molar-refractivity contribution is 5.84. The van der Waals surface area contributed by atoms with E-state index < -0.39 is 12.3 Å². The quantitative estimate of drug-likeness (QED) is 0.623. The number of fused-ring (bicyclic) bond motifs is 1. The summed E-state index contributed by atoms with van der Waals surface area (Å²) in [5.41, 5.74) is 0.588.